The molecule has 3 rings (SSSR count). The van der Waals surface area contributed by atoms with E-state index in [1.807, 2.05) is 29.9 Å². The van der Waals surface area contributed by atoms with Crippen LogP contribution in [0.4, 0.5) is 0 Å². The van der Waals surface area contributed by atoms with Gasteiger partial charge in [-0.1, -0.05) is 30.3 Å². The van der Waals surface area contributed by atoms with Gasteiger partial charge in [0.2, 0.25) is 0 Å². The lowest BCUT2D eigenvalue weighted by Gasteiger charge is -2.22. The van der Waals surface area contributed by atoms with Crippen molar-refractivity contribution in [1.82, 2.24) is 14.7 Å². The van der Waals surface area contributed by atoms with Crippen LogP contribution in [0.3, 0.4) is 0 Å². The first-order valence-electron chi connectivity index (χ1n) is 7.80. The summed E-state index contributed by atoms with van der Waals surface area (Å²) >= 11 is 0. The third kappa shape index (κ3) is 3.06. The maximum absolute atomic E-state index is 9.65. The number of aromatic nitrogens is 2. The summed E-state index contributed by atoms with van der Waals surface area (Å²) < 4.78 is 1.99. The van der Waals surface area contributed by atoms with Gasteiger partial charge in [-0.25, -0.2) is 0 Å². The number of β-amino-alcohol motifs (C(OH)–C–C–N with tert-alkyl or cyclic N) is 1. The molecule has 1 aromatic heterocycles. The molecule has 0 radical (unpaired) electrons. The molecule has 1 aliphatic heterocycles. The standard InChI is InChI=1S/C17H23N3O2/c1-19-16-8-10-20(11-14(22)12-21)9-7-15(16)17(18-19)13-5-3-2-4-6-13/h2-6,14,21-22H,7-12H2,1H3. The fourth-order valence-electron chi connectivity index (χ4n) is 3.19. The lowest BCUT2D eigenvalue weighted by atomic mass is 10.0. The Hall–Kier alpha value is -1.69. The van der Waals surface area contributed by atoms with Crippen molar-refractivity contribution in [2.45, 2.75) is 18.9 Å². The summed E-state index contributed by atoms with van der Waals surface area (Å²) in [6.07, 6.45) is 1.18. The molecule has 22 heavy (non-hydrogen) atoms. The number of hydrogen-bond acceptors (Lipinski definition) is 4. The largest absolute Gasteiger partial charge is 0.394 e. The average molecular weight is 301 g/mol. The second kappa shape index (κ2) is 6.60. The minimum Gasteiger partial charge on any atom is -0.394 e. The number of aliphatic hydroxyl groups excluding tert-OH is 2. The molecular formula is C17H23N3O2. The molecule has 0 amide bonds. The van der Waals surface area contributed by atoms with Gasteiger partial charge in [-0.15, -0.1) is 0 Å². The zero-order valence-corrected chi connectivity index (χ0v) is 12.9. The van der Waals surface area contributed by atoms with E-state index < -0.39 is 6.10 Å². The Bertz CT molecular complexity index is 624. The SMILES string of the molecule is Cn1nc(-c2ccccc2)c2c1CCN(CC(O)CO)CC2. The third-order valence-electron chi connectivity index (χ3n) is 4.34. The van der Waals surface area contributed by atoms with Gasteiger partial charge in [0.25, 0.3) is 0 Å². The van der Waals surface area contributed by atoms with Crippen LogP contribution in [0.1, 0.15) is 11.3 Å². The fourth-order valence-corrected chi connectivity index (χ4v) is 3.19. The molecule has 1 atom stereocenters. The van der Waals surface area contributed by atoms with Gasteiger partial charge in [0.05, 0.1) is 18.4 Å². The van der Waals surface area contributed by atoms with Crippen LogP contribution in [0.25, 0.3) is 11.3 Å². The first-order chi connectivity index (χ1) is 10.7. The zero-order valence-electron chi connectivity index (χ0n) is 12.9. The molecule has 0 spiro atoms. The van der Waals surface area contributed by atoms with Gasteiger partial charge in [0.15, 0.2) is 0 Å². The van der Waals surface area contributed by atoms with E-state index in [1.165, 1.54) is 11.3 Å². The van der Waals surface area contributed by atoms with Crippen LogP contribution < -0.4 is 0 Å². The molecule has 0 saturated carbocycles. The zero-order chi connectivity index (χ0) is 15.5. The Labute approximate surface area is 130 Å². The van der Waals surface area contributed by atoms with Gasteiger partial charge in [-0.05, 0) is 6.42 Å². The third-order valence-corrected chi connectivity index (χ3v) is 4.34. The van der Waals surface area contributed by atoms with E-state index in [9.17, 15) is 5.11 Å². The number of aryl methyl sites for hydroxylation is 1. The lowest BCUT2D eigenvalue weighted by Crippen LogP contribution is -2.36. The van der Waals surface area contributed by atoms with E-state index >= 15 is 0 Å². The molecule has 118 valence electrons. The van der Waals surface area contributed by atoms with Crippen LogP contribution in [0.2, 0.25) is 0 Å². The first kappa shape index (κ1) is 15.2. The highest BCUT2D eigenvalue weighted by molar-refractivity contribution is 5.64. The van der Waals surface area contributed by atoms with Crippen LogP contribution in [-0.2, 0) is 19.9 Å². The molecule has 1 unspecified atom stereocenters. The summed E-state index contributed by atoms with van der Waals surface area (Å²) in [7, 11) is 2.00. The van der Waals surface area contributed by atoms with Crippen molar-refractivity contribution >= 4 is 0 Å². The van der Waals surface area contributed by atoms with Crippen LogP contribution in [0.15, 0.2) is 30.3 Å². The molecular weight excluding hydrogens is 278 g/mol. The molecule has 2 heterocycles. The number of nitrogens with zero attached hydrogens (tertiary/aromatic N) is 3. The monoisotopic (exact) mass is 301 g/mol. The molecule has 2 aromatic rings. The predicted octanol–water partition coefficient (Wildman–Crippen LogP) is 0.841. The van der Waals surface area contributed by atoms with Gasteiger partial charge < -0.3 is 10.2 Å². The molecule has 2 N–H and O–H groups in total. The fraction of sp³-hybridized carbons (Fsp3) is 0.471. The van der Waals surface area contributed by atoms with E-state index in [4.69, 9.17) is 10.2 Å². The summed E-state index contributed by atoms with van der Waals surface area (Å²) in [5.41, 5.74) is 4.82. The highest BCUT2D eigenvalue weighted by Gasteiger charge is 2.22. The van der Waals surface area contributed by atoms with E-state index in [1.54, 1.807) is 0 Å². The Balaban J connectivity index is 1.84. The van der Waals surface area contributed by atoms with E-state index in [-0.39, 0.29) is 6.61 Å². The highest BCUT2D eigenvalue weighted by atomic mass is 16.3. The van der Waals surface area contributed by atoms with Crippen LogP contribution >= 0.6 is 0 Å². The van der Waals surface area contributed by atoms with Crippen molar-refractivity contribution in [2.75, 3.05) is 26.2 Å². The molecule has 0 bridgehead atoms. The smallest absolute Gasteiger partial charge is 0.0958 e. The average Bonchev–Trinajstić information content (AvgIpc) is 2.72. The minimum atomic E-state index is -0.659. The van der Waals surface area contributed by atoms with E-state index in [2.05, 4.69) is 17.0 Å². The Morgan fingerprint density at radius 1 is 1.18 bits per heavy atom. The normalized spacial score (nSPS) is 17.0. The van der Waals surface area contributed by atoms with Crippen molar-refractivity contribution in [3.05, 3.63) is 41.6 Å². The van der Waals surface area contributed by atoms with Gasteiger partial charge in [-0.3, -0.25) is 9.58 Å². The molecule has 0 aliphatic carbocycles. The number of fused-ring (bicyclic) bond motifs is 1. The van der Waals surface area contributed by atoms with Crippen molar-refractivity contribution in [3.63, 3.8) is 0 Å². The summed E-state index contributed by atoms with van der Waals surface area (Å²) in [5.74, 6) is 0. The number of hydrogen-bond donors (Lipinski definition) is 2. The minimum absolute atomic E-state index is 0.180. The summed E-state index contributed by atoms with van der Waals surface area (Å²) in [5, 5.41) is 23.4. The van der Waals surface area contributed by atoms with Crippen molar-refractivity contribution < 1.29 is 10.2 Å². The second-order valence-corrected chi connectivity index (χ2v) is 5.90. The predicted molar refractivity (Wildman–Crippen MR) is 85.6 cm³/mol. The molecule has 0 saturated heterocycles. The van der Waals surface area contributed by atoms with Gasteiger partial charge in [-0.2, -0.15) is 5.10 Å². The quantitative estimate of drug-likeness (QED) is 0.878. The maximum atomic E-state index is 9.65. The Morgan fingerprint density at radius 3 is 2.64 bits per heavy atom. The van der Waals surface area contributed by atoms with Gasteiger partial charge >= 0.3 is 0 Å². The van der Waals surface area contributed by atoms with Crippen molar-refractivity contribution in [3.8, 4) is 11.3 Å². The first-order valence-corrected chi connectivity index (χ1v) is 7.80. The number of rotatable bonds is 4. The Kier molecular flexibility index (Phi) is 4.57. The summed E-state index contributed by atoms with van der Waals surface area (Å²) in [6.45, 7) is 2.12. The van der Waals surface area contributed by atoms with Crippen LogP contribution in [0, 0.1) is 0 Å². The van der Waals surface area contributed by atoms with Crippen molar-refractivity contribution in [1.29, 1.82) is 0 Å². The number of aliphatic hydroxyl groups is 2. The van der Waals surface area contributed by atoms with Crippen LogP contribution in [-0.4, -0.2) is 57.2 Å². The highest BCUT2D eigenvalue weighted by Crippen LogP contribution is 2.27. The molecule has 1 aromatic carbocycles. The van der Waals surface area contributed by atoms with Crippen LogP contribution in [0.5, 0.6) is 0 Å². The molecule has 5 nitrogen and oxygen atoms in total. The van der Waals surface area contributed by atoms with E-state index in [0.29, 0.717) is 6.54 Å². The topological polar surface area (TPSA) is 61.5 Å². The summed E-state index contributed by atoms with van der Waals surface area (Å²) in [6, 6.07) is 10.3. The Morgan fingerprint density at radius 2 is 1.91 bits per heavy atom. The maximum Gasteiger partial charge on any atom is 0.0958 e. The lowest BCUT2D eigenvalue weighted by molar-refractivity contribution is 0.0604. The second-order valence-electron chi connectivity index (χ2n) is 5.90. The van der Waals surface area contributed by atoms with Gasteiger partial charge in [0.1, 0.15) is 0 Å². The molecule has 5 heteroatoms. The summed E-state index contributed by atoms with van der Waals surface area (Å²) in [4.78, 5) is 2.22. The molecule has 1 aliphatic rings. The van der Waals surface area contributed by atoms with Crippen molar-refractivity contribution in [2.24, 2.45) is 7.05 Å². The van der Waals surface area contributed by atoms with E-state index in [0.717, 1.165) is 37.2 Å². The van der Waals surface area contributed by atoms with Gasteiger partial charge in [0, 0.05) is 49.9 Å². The molecule has 0 fully saturated rings. The number of benzene rings is 1.